The molecule has 1 aromatic heterocycles. The third kappa shape index (κ3) is 5.62. The number of hydrogen-bond acceptors (Lipinski definition) is 7. The highest BCUT2D eigenvalue weighted by Gasteiger charge is 2.26. The molecule has 2 rings (SSSR count). The van der Waals surface area contributed by atoms with E-state index in [2.05, 4.69) is 15.8 Å². The van der Waals surface area contributed by atoms with Crippen molar-refractivity contribution in [3.63, 3.8) is 0 Å². The molecular formula is C17H19N3O6. The summed E-state index contributed by atoms with van der Waals surface area (Å²) in [5, 5.41) is 8.14. The summed E-state index contributed by atoms with van der Waals surface area (Å²) < 4.78 is 15.1. The number of benzene rings is 1. The summed E-state index contributed by atoms with van der Waals surface area (Å²) in [6, 6.07) is 9.16. The van der Waals surface area contributed by atoms with Crippen LogP contribution < -0.4 is 15.4 Å². The number of esters is 1. The molecule has 9 nitrogen and oxygen atoms in total. The molecule has 0 saturated heterocycles. The van der Waals surface area contributed by atoms with E-state index in [0.29, 0.717) is 17.9 Å². The van der Waals surface area contributed by atoms with Crippen molar-refractivity contribution < 1.29 is 28.4 Å². The summed E-state index contributed by atoms with van der Waals surface area (Å²) in [5.41, 5.74) is 0.417. The Morgan fingerprint density at radius 1 is 1.23 bits per heavy atom. The standard InChI is InChI=1S/C17H19N3O6/c1-3-18-17(23)19-16(22)15(12-7-5-4-6-8-12)25-14(21)10-24-13-9-11(2)26-20-13/h4-9,15H,3,10H2,1-2H3,(H2,18,19,22,23)/t15-/m0/s1. The lowest BCUT2D eigenvalue weighted by Gasteiger charge is -2.17. The number of urea groups is 1. The molecule has 9 heteroatoms. The molecule has 0 aliphatic carbocycles. The molecule has 0 radical (unpaired) electrons. The van der Waals surface area contributed by atoms with Crippen LogP contribution in [0, 0.1) is 6.92 Å². The highest BCUT2D eigenvalue weighted by molar-refractivity contribution is 5.97. The van der Waals surface area contributed by atoms with Crippen molar-refractivity contribution >= 4 is 17.9 Å². The number of aryl methyl sites for hydroxylation is 1. The Hall–Kier alpha value is -3.36. The van der Waals surface area contributed by atoms with Crippen molar-refractivity contribution in [3.05, 3.63) is 47.7 Å². The molecule has 3 amide bonds. The van der Waals surface area contributed by atoms with E-state index in [1.54, 1.807) is 44.2 Å². The van der Waals surface area contributed by atoms with E-state index >= 15 is 0 Å². The third-order valence-electron chi connectivity index (χ3n) is 3.11. The maximum Gasteiger partial charge on any atom is 0.345 e. The second-order valence-corrected chi connectivity index (χ2v) is 5.19. The van der Waals surface area contributed by atoms with E-state index in [-0.39, 0.29) is 5.88 Å². The summed E-state index contributed by atoms with van der Waals surface area (Å²) in [7, 11) is 0. The van der Waals surface area contributed by atoms with E-state index in [1.807, 2.05) is 0 Å². The number of amides is 3. The lowest BCUT2D eigenvalue weighted by atomic mass is 10.1. The van der Waals surface area contributed by atoms with Gasteiger partial charge in [0, 0.05) is 18.2 Å². The van der Waals surface area contributed by atoms with Crippen molar-refractivity contribution in [2.75, 3.05) is 13.2 Å². The van der Waals surface area contributed by atoms with Gasteiger partial charge in [-0.3, -0.25) is 10.1 Å². The molecular weight excluding hydrogens is 342 g/mol. The Morgan fingerprint density at radius 2 is 1.96 bits per heavy atom. The van der Waals surface area contributed by atoms with Crippen LogP contribution in [-0.2, 0) is 14.3 Å². The van der Waals surface area contributed by atoms with Crippen LogP contribution >= 0.6 is 0 Å². The summed E-state index contributed by atoms with van der Waals surface area (Å²) >= 11 is 0. The van der Waals surface area contributed by atoms with Crippen molar-refractivity contribution in [2.45, 2.75) is 20.0 Å². The molecule has 1 aromatic carbocycles. The highest BCUT2D eigenvalue weighted by Crippen LogP contribution is 2.18. The first-order chi connectivity index (χ1) is 12.5. The van der Waals surface area contributed by atoms with E-state index < -0.39 is 30.6 Å². The van der Waals surface area contributed by atoms with Crippen LogP contribution in [0.1, 0.15) is 24.4 Å². The maximum absolute atomic E-state index is 12.3. The number of rotatable bonds is 7. The Labute approximate surface area is 149 Å². The quantitative estimate of drug-likeness (QED) is 0.717. The van der Waals surface area contributed by atoms with Gasteiger partial charge in [0.25, 0.3) is 11.8 Å². The second-order valence-electron chi connectivity index (χ2n) is 5.19. The van der Waals surface area contributed by atoms with E-state index in [9.17, 15) is 14.4 Å². The van der Waals surface area contributed by atoms with E-state index in [1.165, 1.54) is 6.07 Å². The fraction of sp³-hybridized carbons (Fsp3) is 0.294. The van der Waals surface area contributed by atoms with Crippen LogP contribution in [0.2, 0.25) is 0 Å². The zero-order valence-electron chi connectivity index (χ0n) is 14.4. The first kappa shape index (κ1) is 19.0. The monoisotopic (exact) mass is 361 g/mol. The molecule has 0 bridgehead atoms. The van der Waals surface area contributed by atoms with Crippen LogP contribution in [0.3, 0.4) is 0 Å². The fourth-order valence-corrected chi connectivity index (χ4v) is 1.99. The number of nitrogens with zero attached hydrogens (tertiary/aromatic N) is 1. The average Bonchev–Trinajstić information content (AvgIpc) is 3.04. The summed E-state index contributed by atoms with van der Waals surface area (Å²) in [6.45, 7) is 3.26. The van der Waals surface area contributed by atoms with Gasteiger partial charge in [0.1, 0.15) is 5.76 Å². The van der Waals surface area contributed by atoms with Crippen LogP contribution in [-0.4, -0.2) is 36.2 Å². The number of carbonyl (C=O) groups excluding carboxylic acids is 3. The van der Waals surface area contributed by atoms with Crippen molar-refractivity contribution in [3.8, 4) is 5.88 Å². The van der Waals surface area contributed by atoms with Crippen molar-refractivity contribution in [1.82, 2.24) is 15.8 Å². The predicted octanol–water partition coefficient (Wildman–Crippen LogP) is 1.49. The third-order valence-corrected chi connectivity index (χ3v) is 3.11. The minimum atomic E-state index is -1.30. The number of ether oxygens (including phenoxy) is 2. The molecule has 0 aliphatic heterocycles. The van der Waals surface area contributed by atoms with Crippen molar-refractivity contribution in [1.29, 1.82) is 0 Å². The molecule has 2 aromatic rings. The topological polar surface area (TPSA) is 120 Å². The maximum atomic E-state index is 12.3. The largest absolute Gasteiger partial charge is 0.463 e. The molecule has 2 N–H and O–H groups in total. The molecule has 0 spiro atoms. The van der Waals surface area contributed by atoms with Crippen molar-refractivity contribution in [2.24, 2.45) is 0 Å². The van der Waals surface area contributed by atoms with Crippen LogP contribution in [0.15, 0.2) is 40.9 Å². The van der Waals surface area contributed by atoms with Gasteiger partial charge in [-0.1, -0.05) is 30.3 Å². The van der Waals surface area contributed by atoms with Gasteiger partial charge in [-0.05, 0) is 19.0 Å². The van der Waals surface area contributed by atoms with Gasteiger partial charge in [-0.15, -0.1) is 0 Å². The number of imide groups is 1. The Bertz CT molecular complexity index is 759. The van der Waals surface area contributed by atoms with Gasteiger partial charge in [0.2, 0.25) is 6.10 Å². The number of carbonyl (C=O) groups is 3. The first-order valence-electron chi connectivity index (χ1n) is 7.88. The predicted molar refractivity (Wildman–Crippen MR) is 89.2 cm³/mol. The molecule has 0 fully saturated rings. The molecule has 0 aliphatic rings. The number of nitrogens with one attached hydrogen (secondary N) is 2. The SMILES string of the molecule is CCNC(=O)NC(=O)[C@@H](OC(=O)COc1cc(C)on1)c1ccccc1. The molecule has 0 saturated carbocycles. The number of hydrogen-bond donors (Lipinski definition) is 2. The first-order valence-corrected chi connectivity index (χ1v) is 7.88. The lowest BCUT2D eigenvalue weighted by Crippen LogP contribution is -2.42. The molecule has 0 unspecified atom stereocenters. The zero-order valence-corrected chi connectivity index (χ0v) is 14.4. The Morgan fingerprint density at radius 3 is 2.58 bits per heavy atom. The normalized spacial score (nSPS) is 11.3. The molecule has 138 valence electrons. The second kappa shape index (κ2) is 9.21. The summed E-state index contributed by atoms with van der Waals surface area (Å²) in [6.07, 6.45) is -1.30. The average molecular weight is 361 g/mol. The van der Waals surface area contributed by atoms with Crippen LogP contribution in [0.4, 0.5) is 4.79 Å². The van der Waals surface area contributed by atoms with E-state index in [4.69, 9.17) is 14.0 Å². The Balaban J connectivity index is 2.02. The lowest BCUT2D eigenvalue weighted by molar-refractivity contribution is -0.158. The van der Waals surface area contributed by atoms with Gasteiger partial charge in [0.15, 0.2) is 6.61 Å². The van der Waals surface area contributed by atoms with Gasteiger partial charge in [0.05, 0.1) is 0 Å². The van der Waals surface area contributed by atoms with Gasteiger partial charge in [-0.2, -0.15) is 0 Å². The minimum absolute atomic E-state index is 0.127. The summed E-state index contributed by atoms with van der Waals surface area (Å²) in [5.74, 6) is -0.919. The zero-order chi connectivity index (χ0) is 18.9. The van der Waals surface area contributed by atoms with Crippen LogP contribution in [0.25, 0.3) is 0 Å². The fourth-order valence-electron chi connectivity index (χ4n) is 1.99. The van der Waals surface area contributed by atoms with Gasteiger partial charge in [-0.25, -0.2) is 9.59 Å². The molecule has 1 atom stereocenters. The van der Waals surface area contributed by atoms with Gasteiger partial charge >= 0.3 is 12.0 Å². The number of aromatic nitrogens is 1. The Kier molecular flexibility index (Phi) is 6.72. The molecule has 26 heavy (non-hydrogen) atoms. The summed E-state index contributed by atoms with van der Waals surface area (Å²) in [4.78, 5) is 35.9. The highest BCUT2D eigenvalue weighted by atomic mass is 16.6. The van der Waals surface area contributed by atoms with Gasteiger partial charge < -0.3 is 19.3 Å². The minimum Gasteiger partial charge on any atom is -0.463 e. The van der Waals surface area contributed by atoms with Crippen LogP contribution in [0.5, 0.6) is 5.88 Å². The smallest absolute Gasteiger partial charge is 0.345 e. The van der Waals surface area contributed by atoms with E-state index in [0.717, 1.165) is 0 Å². The molecule has 1 heterocycles.